The Kier molecular flexibility index (Phi) is 3.54. The van der Waals surface area contributed by atoms with Gasteiger partial charge in [-0.25, -0.2) is 0 Å². The molecule has 3 aromatic rings. The molecule has 0 spiro atoms. The van der Waals surface area contributed by atoms with Gasteiger partial charge in [-0.2, -0.15) is 0 Å². The van der Waals surface area contributed by atoms with Gasteiger partial charge in [0.25, 0.3) is 0 Å². The van der Waals surface area contributed by atoms with Gasteiger partial charge >= 0.3 is 0 Å². The predicted octanol–water partition coefficient (Wildman–Crippen LogP) is 2.74. The number of hydrogen-bond donors (Lipinski definition) is 2. The topological polar surface area (TPSA) is 68.0 Å². The van der Waals surface area contributed by atoms with Gasteiger partial charge < -0.3 is 11.1 Å². The van der Waals surface area contributed by atoms with Crippen molar-refractivity contribution in [3.63, 3.8) is 0 Å². The third-order valence-electron chi connectivity index (χ3n) is 4.85. The average Bonchev–Trinajstić information content (AvgIpc) is 3.33. The Hall–Kier alpha value is -2.72. The summed E-state index contributed by atoms with van der Waals surface area (Å²) < 4.78 is 0. The van der Waals surface area contributed by atoms with Crippen molar-refractivity contribution < 1.29 is 4.79 Å². The van der Waals surface area contributed by atoms with Crippen LogP contribution in [-0.4, -0.2) is 16.4 Å². The Morgan fingerprint density at radius 1 is 1.12 bits per heavy atom. The molecular weight excluding hydrogens is 298 g/mol. The number of benzene rings is 2. The van der Waals surface area contributed by atoms with Crippen LogP contribution in [0.15, 0.2) is 67.0 Å². The second kappa shape index (κ2) is 5.73. The molecule has 1 heterocycles. The number of nitrogens with zero attached hydrogens (tertiary/aromatic N) is 1. The quantitative estimate of drug-likeness (QED) is 0.777. The zero-order chi connectivity index (χ0) is 16.6. The molecule has 4 nitrogen and oxygen atoms in total. The summed E-state index contributed by atoms with van der Waals surface area (Å²) in [5.74, 6) is -0.00901. The smallest absolute Gasteiger partial charge is 0.241 e. The van der Waals surface area contributed by atoms with Gasteiger partial charge in [0.1, 0.15) is 5.54 Å². The normalized spacial score (nSPS) is 22.3. The number of nitrogens with one attached hydrogen (secondary N) is 1. The Morgan fingerprint density at radius 2 is 1.88 bits per heavy atom. The maximum Gasteiger partial charge on any atom is 0.241 e. The number of fused-ring (bicyclic) bond motifs is 1. The number of carbonyl (C=O) groups is 1. The van der Waals surface area contributed by atoms with Crippen LogP contribution in [0.25, 0.3) is 10.8 Å². The molecule has 1 aliphatic rings. The Bertz CT molecular complexity index is 888. The SMILES string of the molecule is NC1(C(=O)NCc2cccc3ccccc23)C[C@H]1c1ccncc1. The molecule has 4 rings (SSSR count). The highest BCUT2D eigenvalue weighted by atomic mass is 16.2. The predicted molar refractivity (Wildman–Crippen MR) is 94.3 cm³/mol. The van der Waals surface area contributed by atoms with E-state index >= 15 is 0 Å². The van der Waals surface area contributed by atoms with Crippen molar-refractivity contribution in [2.45, 2.75) is 24.4 Å². The minimum absolute atomic E-state index is 0.0769. The fraction of sp³-hybridized carbons (Fsp3) is 0.200. The van der Waals surface area contributed by atoms with Crippen molar-refractivity contribution in [2.24, 2.45) is 5.73 Å². The van der Waals surface area contributed by atoms with Gasteiger partial charge in [0.05, 0.1) is 0 Å². The van der Waals surface area contributed by atoms with E-state index in [0.29, 0.717) is 13.0 Å². The fourth-order valence-corrected chi connectivity index (χ4v) is 3.33. The highest BCUT2D eigenvalue weighted by Gasteiger charge is 2.57. The van der Waals surface area contributed by atoms with Gasteiger partial charge in [0, 0.05) is 24.9 Å². The third-order valence-corrected chi connectivity index (χ3v) is 4.85. The number of carbonyl (C=O) groups excluding carboxylic acids is 1. The molecule has 1 aliphatic carbocycles. The third kappa shape index (κ3) is 2.55. The number of amides is 1. The molecular formula is C20H19N3O. The maximum absolute atomic E-state index is 12.6. The molecule has 1 amide bonds. The molecule has 3 N–H and O–H groups in total. The van der Waals surface area contributed by atoms with Crippen LogP contribution in [-0.2, 0) is 11.3 Å². The summed E-state index contributed by atoms with van der Waals surface area (Å²) in [6, 6.07) is 18.2. The van der Waals surface area contributed by atoms with Crippen molar-refractivity contribution in [2.75, 3.05) is 0 Å². The molecule has 1 unspecified atom stereocenters. The van der Waals surface area contributed by atoms with Crippen LogP contribution in [0, 0.1) is 0 Å². The van der Waals surface area contributed by atoms with E-state index in [0.717, 1.165) is 16.5 Å². The summed E-state index contributed by atoms with van der Waals surface area (Å²) in [5, 5.41) is 5.35. The number of aromatic nitrogens is 1. The molecule has 0 bridgehead atoms. The maximum atomic E-state index is 12.6. The standard InChI is InChI=1S/C20H19N3O/c21-20(12-18(20)15-8-10-22-11-9-15)19(24)23-13-16-6-3-5-14-4-1-2-7-17(14)16/h1-11,18H,12-13,21H2,(H,23,24)/t18-,20?/m0/s1. The molecule has 1 fully saturated rings. The minimum atomic E-state index is -0.800. The Balaban J connectivity index is 1.47. The summed E-state index contributed by atoms with van der Waals surface area (Å²) >= 11 is 0. The lowest BCUT2D eigenvalue weighted by Crippen LogP contribution is -2.43. The number of pyridine rings is 1. The van der Waals surface area contributed by atoms with Crippen molar-refractivity contribution in [1.29, 1.82) is 0 Å². The first-order valence-corrected chi connectivity index (χ1v) is 8.12. The van der Waals surface area contributed by atoms with Crippen molar-refractivity contribution in [3.05, 3.63) is 78.1 Å². The molecule has 0 aliphatic heterocycles. The first kappa shape index (κ1) is 14.8. The van der Waals surface area contributed by atoms with E-state index in [2.05, 4.69) is 28.5 Å². The van der Waals surface area contributed by atoms with Crippen molar-refractivity contribution in [1.82, 2.24) is 10.3 Å². The molecule has 0 saturated heterocycles. The molecule has 4 heteroatoms. The molecule has 0 radical (unpaired) electrons. The second-order valence-corrected chi connectivity index (χ2v) is 6.40. The summed E-state index contributed by atoms with van der Waals surface area (Å²) in [7, 11) is 0. The zero-order valence-electron chi connectivity index (χ0n) is 13.3. The lowest BCUT2D eigenvalue weighted by Gasteiger charge is -2.13. The Labute approximate surface area is 140 Å². The largest absolute Gasteiger partial charge is 0.350 e. The first-order valence-electron chi connectivity index (χ1n) is 8.12. The van der Waals surface area contributed by atoms with Gasteiger partial charge in [0.15, 0.2) is 0 Å². The van der Waals surface area contributed by atoms with E-state index in [1.807, 2.05) is 36.4 Å². The van der Waals surface area contributed by atoms with Gasteiger partial charge in [-0.3, -0.25) is 9.78 Å². The highest BCUT2D eigenvalue weighted by molar-refractivity contribution is 5.92. The van der Waals surface area contributed by atoms with E-state index < -0.39 is 5.54 Å². The lowest BCUT2D eigenvalue weighted by atomic mass is 10.0. The fourth-order valence-electron chi connectivity index (χ4n) is 3.33. The van der Waals surface area contributed by atoms with Crippen molar-refractivity contribution >= 4 is 16.7 Å². The van der Waals surface area contributed by atoms with Crippen LogP contribution in [0.5, 0.6) is 0 Å². The highest BCUT2D eigenvalue weighted by Crippen LogP contribution is 2.49. The second-order valence-electron chi connectivity index (χ2n) is 6.40. The lowest BCUT2D eigenvalue weighted by molar-refractivity contribution is -0.123. The zero-order valence-corrected chi connectivity index (χ0v) is 13.3. The van der Waals surface area contributed by atoms with Crippen LogP contribution >= 0.6 is 0 Å². The van der Waals surface area contributed by atoms with Gasteiger partial charge in [-0.15, -0.1) is 0 Å². The summed E-state index contributed by atoms with van der Waals surface area (Å²) in [5.41, 5.74) is 7.69. The number of rotatable bonds is 4. The van der Waals surface area contributed by atoms with Gasteiger partial charge in [-0.1, -0.05) is 42.5 Å². The first-order chi connectivity index (χ1) is 11.7. The van der Waals surface area contributed by atoms with E-state index in [9.17, 15) is 4.79 Å². The molecule has 1 aromatic heterocycles. The van der Waals surface area contributed by atoms with E-state index in [1.165, 1.54) is 5.39 Å². The van der Waals surface area contributed by atoms with Crippen molar-refractivity contribution in [3.8, 4) is 0 Å². The van der Waals surface area contributed by atoms with Crippen LogP contribution in [0.2, 0.25) is 0 Å². The van der Waals surface area contributed by atoms with E-state index in [1.54, 1.807) is 12.4 Å². The van der Waals surface area contributed by atoms with Crippen LogP contribution < -0.4 is 11.1 Å². The van der Waals surface area contributed by atoms with Crippen LogP contribution in [0.1, 0.15) is 23.5 Å². The van der Waals surface area contributed by atoms with Gasteiger partial charge in [-0.05, 0) is 40.5 Å². The average molecular weight is 317 g/mol. The number of hydrogen-bond acceptors (Lipinski definition) is 3. The summed E-state index contributed by atoms with van der Waals surface area (Å²) in [6.45, 7) is 0.488. The molecule has 1 saturated carbocycles. The van der Waals surface area contributed by atoms with E-state index in [4.69, 9.17) is 5.73 Å². The number of nitrogens with two attached hydrogens (primary N) is 1. The van der Waals surface area contributed by atoms with E-state index in [-0.39, 0.29) is 11.8 Å². The van der Waals surface area contributed by atoms with Crippen LogP contribution in [0.4, 0.5) is 0 Å². The molecule has 24 heavy (non-hydrogen) atoms. The Morgan fingerprint density at radius 3 is 2.71 bits per heavy atom. The summed E-state index contributed by atoms with van der Waals surface area (Å²) in [4.78, 5) is 16.6. The minimum Gasteiger partial charge on any atom is -0.350 e. The molecule has 120 valence electrons. The molecule has 2 aromatic carbocycles. The van der Waals surface area contributed by atoms with Gasteiger partial charge in [0.2, 0.25) is 5.91 Å². The van der Waals surface area contributed by atoms with Crippen LogP contribution in [0.3, 0.4) is 0 Å². The summed E-state index contributed by atoms with van der Waals surface area (Å²) in [6.07, 6.45) is 4.16. The monoisotopic (exact) mass is 317 g/mol. The molecule has 2 atom stereocenters.